The molecule has 5 heteroatoms. The van der Waals surface area contributed by atoms with Gasteiger partial charge in [-0.1, -0.05) is 0 Å². The molecule has 3 rings (SSSR count). The van der Waals surface area contributed by atoms with Gasteiger partial charge in [0.2, 0.25) is 0 Å². The standard InChI is InChI=1S/C16H17N3O2/c1-20-15-8-12-10-18-19-14(13(12)9-16(15)21-2)7-11-3-5-17-6-4-11/h3-6,8-9,18H,7,10H2,1-2H3. The summed E-state index contributed by atoms with van der Waals surface area (Å²) in [5.74, 6) is 1.46. The number of ether oxygens (including phenoxy) is 2. The molecule has 0 bridgehead atoms. The molecule has 0 aliphatic carbocycles. The monoisotopic (exact) mass is 283 g/mol. The third-order valence-electron chi connectivity index (χ3n) is 3.52. The number of benzene rings is 1. The average molecular weight is 283 g/mol. The minimum absolute atomic E-state index is 0.690. The molecule has 1 aromatic carbocycles. The van der Waals surface area contributed by atoms with Crippen molar-refractivity contribution in [1.29, 1.82) is 0 Å². The first kappa shape index (κ1) is 13.4. The molecule has 0 radical (unpaired) electrons. The van der Waals surface area contributed by atoms with Crippen LogP contribution >= 0.6 is 0 Å². The van der Waals surface area contributed by atoms with Gasteiger partial charge in [-0.25, -0.2) is 0 Å². The van der Waals surface area contributed by atoms with E-state index in [0.717, 1.165) is 34.8 Å². The number of hydrogen-bond donors (Lipinski definition) is 1. The summed E-state index contributed by atoms with van der Waals surface area (Å²) in [6.07, 6.45) is 4.33. The summed E-state index contributed by atoms with van der Waals surface area (Å²) in [7, 11) is 3.29. The SMILES string of the molecule is COc1cc2c(cc1OC)C(Cc1ccncc1)=NNC2. The van der Waals surface area contributed by atoms with Gasteiger partial charge in [-0.15, -0.1) is 0 Å². The Morgan fingerprint density at radius 3 is 2.52 bits per heavy atom. The molecular weight excluding hydrogens is 266 g/mol. The van der Waals surface area contributed by atoms with E-state index in [1.165, 1.54) is 5.56 Å². The minimum Gasteiger partial charge on any atom is -0.493 e. The second-order valence-electron chi connectivity index (χ2n) is 4.79. The Labute approximate surface area is 123 Å². The molecule has 5 nitrogen and oxygen atoms in total. The van der Waals surface area contributed by atoms with Crippen molar-refractivity contribution in [3.05, 3.63) is 53.3 Å². The average Bonchev–Trinajstić information content (AvgIpc) is 2.55. The molecule has 1 aromatic heterocycles. The van der Waals surface area contributed by atoms with Crippen molar-refractivity contribution in [3.63, 3.8) is 0 Å². The van der Waals surface area contributed by atoms with Crippen LogP contribution in [0.25, 0.3) is 0 Å². The van der Waals surface area contributed by atoms with E-state index in [2.05, 4.69) is 15.5 Å². The molecule has 0 fully saturated rings. The van der Waals surface area contributed by atoms with E-state index < -0.39 is 0 Å². The molecule has 1 N–H and O–H groups in total. The van der Waals surface area contributed by atoms with Crippen molar-refractivity contribution in [2.75, 3.05) is 14.2 Å². The largest absolute Gasteiger partial charge is 0.493 e. The van der Waals surface area contributed by atoms with Crippen LogP contribution in [0.1, 0.15) is 16.7 Å². The lowest BCUT2D eigenvalue weighted by Gasteiger charge is -2.20. The fraction of sp³-hybridized carbons (Fsp3) is 0.250. The van der Waals surface area contributed by atoms with Crippen molar-refractivity contribution >= 4 is 5.71 Å². The quantitative estimate of drug-likeness (QED) is 0.934. The summed E-state index contributed by atoms with van der Waals surface area (Å²) >= 11 is 0. The van der Waals surface area contributed by atoms with Gasteiger partial charge in [0.05, 0.1) is 26.5 Å². The Morgan fingerprint density at radius 2 is 1.81 bits per heavy atom. The van der Waals surface area contributed by atoms with Gasteiger partial charge in [0.15, 0.2) is 11.5 Å². The predicted molar refractivity (Wildman–Crippen MR) is 80.9 cm³/mol. The molecule has 21 heavy (non-hydrogen) atoms. The van der Waals surface area contributed by atoms with Gasteiger partial charge in [-0.3, -0.25) is 4.98 Å². The molecule has 2 aromatic rings. The number of pyridine rings is 1. The Hall–Kier alpha value is -2.56. The number of hydrazone groups is 1. The van der Waals surface area contributed by atoms with E-state index in [1.54, 1.807) is 26.6 Å². The first-order valence-corrected chi connectivity index (χ1v) is 6.75. The predicted octanol–water partition coefficient (Wildman–Crippen LogP) is 2.15. The minimum atomic E-state index is 0.690. The van der Waals surface area contributed by atoms with Gasteiger partial charge in [0.25, 0.3) is 0 Å². The van der Waals surface area contributed by atoms with Crippen LogP contribution in [-0.2, 0) is 13.0 Å². The van der Waals surface area contributed by atoms with Gasteiger partial charge in [-0.05, 0) is 35.4 Å². The van der Waals surface area contributed by atoms with Crippen LogP contribution in [0, 0.1) is 0 Å². The maximum absolute atomic E-state index is 5.39. The third kappa shape index (κ3) is 2.67. The molecular formula is C16H17N3O2. The van der Waals surface area contributed by atoms with Crippen molar-refractivity contribution in [3.8, 4) is 11.5 Å². The van der Waals surface area contributed by atoms with E-state index in [0.29, 0.717) is 6.54 Å². The number of nitrogens with one attached hydrogen (secondary N) is 1. The smallest absolute Gasteiger partial charge is 0.161 e. The van der Waals surface area contributed by atoms with Crippen LogP contribution in [0.2, 0.25) is 0 Å². The Kier molecular flexibility index (Phi) is 3.73. The lowest BCUT2D eigenvalue weighted by atomic mass is 9.96. The lowest BCUT2D eigenvalue weighted by molar-refractivity contribution is 0.354. The van der Waals surface area contributed by atoms with Crippen molar-refractivity contribution in [1.82, 2.24) is 10.4 Å². The highest BCUT2D eigenvalue weighted by molar-refractivity contribution is 6.04. The highest BCUT2D eigenvalue weighted by atomic mass is 16.5. The van der Waals surface area contributed by atoms with E-state index in [-0.39, 0.29) is 0 Å². The highest BCUT2D eigenvalue weighted by Crippen LogP contribution is 2.32. The molecule has 2 heterocycles. The second-order valence-corrected chi connectivity index (χ2v) is 4.79. The van der Waals surface area contributed by atoms with Gasteiger partial charge >= 0.3 is 0 Å². The van der Waals surface area contributed by atoms with E-state index >= 15 is 0 Å². The molecule has 0 spiro atoms. The Bertz CT molecular complexity index is 669. The fourth-order valence-corrected chi connectivity index (χ4v) is 2.45. The fourth-order valence-electron chi connectivity index (χ4n) is 2.45. The van der Waals surface area contributed by atoms with Crippen LogP contribution in [0.3, 0.4) is 0 Å². The first-order chi connectivity index (χ1) is 10.3. The van der Waals surface area contributed by atoms with Crippen LogP contribution in [0.15, 0.2) is 41.8 Å². The van der Waals surface area contributed by atoms with Gasteiger partial charge in [0.1, 0.15) is 0 Å². The van der Waals surface area contributed by atoms with Crippen LogP contribution in [0.4, 0.5) is 0 Å². The highest BCUT2D eigenvalue weighted by Gasteiger charge is 2.18. The summed E-state index contributed by atoms with van der Waals surface area (Å²) in [6.45, 7) is 0.690. The van der Waals surface area contributed by atoms with E-state index in [9.17, 15) is 0 Å². The zero-order chi connectivity index (χ0) is 14.7. The number of methoxy groups -OCH3 is 2. The number of fused-ring (bicyclic) bond motifs is 1. The van der Waals surface area contributed by atoms with Crippen LogP contribution in [-0.4, -0.2) is 24.9 Å². The summed E-state index contributed by atoms with van der Waals surface area (Å²) in [5.41, 5.74) is 7.50. The maximum atomic E-state index is 5.39. The second kappa shape index (κ2) is 5.83. The molecule has 0 saturated heterocycles. The lowest BCUT2D eigenvalue weighted by Crippen LogP contribution is -2.22. The van der Waals surface area contributed by atoms with E-state index in [1.807, 2.05) is 24.3 Å². The van der Waals surface area contributed by atoms with Crippen molar-refractivity contribution in [2.45, 2.75) is 13.0 Å². The van der Waals surface area contributed by atoms with Gasteiger partial charge < -0.3 is 14.9 Å². The Balaban J connectivity index is 1.97. The van der Waals surface area contributed by atoms with Crippen molar-refractivity contribution < 1.29 is 9.47 Å². The molecule has 1 aliphatic heterocycles. The van der Waals surface area contributed by atoms with Gasteiger partial charge in [-0.2, -0.15) is 5.10 Å². The number of nitrogens with zero attached hydrogens (tertiary/aromatic N) is 2. The molecule has 1 aliphatic rings. The number of hydrogen-bond acceptors (Lipinski definition) is 5. The molecule has 0 amide bonds. The molecule has 0 unspecified atom stereocenters. The van der Waals surface area contributed by atoms with Crippen LogP contribution in [0.5, 0.6) is 11.5 Å². The maximum Gasteiger partial charge on any atom is 0.161 e. The summed E-state index contributed by atoms with van der Waals surface area (Å²) < 4.78 is 10.7. The number of rotatable bonds is 4. The topological polar surface area (TPSA) is 55.7 Å². The van der Waals surface area contributed by atoms with Crippen LogP contribution < -0.4 is 14.9 Å². The molecule has 108 valence electrons. The molecule has 0 atom stereocenters. The summed E-state index contributed by atoms with van der Waals surface area (Å²) in [6, 6.07) is 7.99. The van der Waals surface area contributed by atoms with Gasteiger partial charge in [0, 0.05) is 24.4 Å². The molecule has 0 saturated carbocycles. The zero-order valence-corrected chi connectivity index (χ0v) is 12.1. The zero-order valence-electron chi connectivity index (χ0n) is 12.1. The Morgan fingerprint density at radius 1 is 1.10 bits per heavy atom. The van der Waals surface area contributed by atoms with E-state index in [4.69, 9.17) is 9.47 Å². The number of aromatic nitrogens is 1. The summed E-state index contributed by atoms with van der Waals surface area (Å²) in [4.78, 5) is 4.04. The van der Waals surface area contributed by atoms with Crippen molar-refractivity contribution in [2.24, 2.45) is 5.10 Å². The summed E-state index contributed by atoms with van der Waals surface area (Å²) in [5, 5.41) is 4.45. The first-order valence-electron chi connectivity index (χ1n) is 6.75. The normalized spacial score (nSPS) is 13.0. The third-order valence-corrected chi connectivity index (χ3v) is 3.52.